The predicted octanol–water partition coefficient (Wildman–Crippen LogP) is 16.9. The molecule has 296 valence electrons. The number of hydrogen-bond acceptors (Lipinski definition) is 2. The van der Waals surface area contributed by atoms with Crippen molar-refractivity contribution in [2.24, 2.45) is 0 Å². The predicted molar refractivity (Wildman–Crippen MR) is 272 cm³/mol. The van der Waals surface area contributed by atoms with Crippen molar-refractivity contribution in [1.29, 1.82) is 0 Å². The molecule has 0 saturated carbocycles. The van der Waals surface area contributed by atoms with Gasteiger partial charge in [0.25, 0.3) is 0 Å². The number of nitrogens with zero attached hydrogens (tertiary/aromatic N) is 2. The molecule has 1 heterocycles. The van der Waals surface area contributed by atoms with E-state index in [1.807, 2.05) is 24.3 Å². The van der Waals surface area contributed by atoms with Crippen LogP contribution >= 0.6 is 0 Å². The number of aromatic nitrogens is 2. The molecule has 0 amide bonds. The smallest absolute Gasteiger partial charge is 0.160 e. The summed E-state index contributed by atoms with van der Waals surface area (Å²) < 4.78 is 0. The van der Waals surface area contributed by atoms with Gasteiger partial charge in [-0.2, -0.15) is 0 Å². The maximum atomic E-state index is 5.14. The van der Waals surface area contributed by atoms with E-state index in [1.54, 1.807) is 0 Å². The van der Waals surface area contributed by atoms with E-state index in [9.17, 15) is 0 Å². The SMILES string of the molecule is c1ccc(-c2cc(-c3ccc(-c4c5ccccc5c(-c5cccc6c7cccc8ccc9cccc(c%10ccccc%10c56)c9c87)c5ccccc45)cc3)nc(-c3ccccc3)n2)cc1. The molecule has 0 aliphatic carbocycles. The first-order chi connectivity index (χ1) is 31.8. The molecule has 1 aromatic heterocycles. The van der Waals surface area contributed by atoms with Gasteiger partial charge < -0.3 is 0 Å². The van der Waals surface area contributed by atoms with Crippen LogP contribution < -0.4 is 0 Å². The standard InChI is InChI=1S/C62H38N2/c1-3-16-39(17-4-1)55-38-56(64-62(63-55)44-18-5-2-6-19-44)40-32-34-43(35-33-40)57-48-24-9-11-26-51(48)61(52-27-12-10-25-49(52)57)54-31-15-30-53-50-29-14-21-42-37-36-41-20-13-28-46(58(41)59(42)50)45-22-7-8-23-47(45)60(53)54/h1-38H. The number of fused-ring (bicyclic) bond motifs is 7. The molecule has 12 aromatic carbocycles. The van der Waals surface area contributed by atoms with Crippen molar-refractivity contribution < 1.29 is 0 Å². The molecule has 0 N–H and O–H groups in total. The van der Waals surface area contributed by atoms with Crippen LogP contribution in [0.3, 0.4) is 0 Å². The Morgan fingerprint density at radius 3 is 1.20 bits per heavy atom. The molecule has 0 atom stereocenters. The molecule has 0 saturated heterocycles. The van der Waals surface area contributed by atoms with Crippen molar-refractivity contribution in [1.82, 2.24) is 9.97 Å². The second-order valence-corrected chi connectivity index (χ2v) is 16.8. The topological polar surface area (TPSA) is 25.8 Å². The van der Waals surface area contributed by atoms with Crippen molar-refractivity contribution >= 4 is 75.4 Å². The van der Waals surface area contributed by atoms with Crippen molar-refractivity contribution in [3.05, 3.63) is 231 Å². The van der Waals surface area contributed by atoms with Crippen molar-refractivity contribution in [3.8, 4) is 56.2 Å². The molecule has 2 nitrogen and oxygen atoms in total. The van der Waals surface area contributed by atoms with Gasteiger partial charge in [-0.1, -0.05) is 224 Å². The minimum atomic E-state index is 0.712. The molecule has 0 aliphatic heterocycles. The minimum Gasteiger partial charge on any atom is -0.228 e. The third kappa shape index (κ3) is 5.66. The molecule has 0 spiro atoms. The lowest BCUT2D eigenvalue weighted by atomic mass is 9.83. The summed E-state index contributed by atoms with van der Waals surface area (Å²) in [6.07, 6.45) is 0. The minimum absolute atomic E-state index is 0.712. The quantitative estimate of drug-likeness (QED) is 0.128. The van der Waals surface area contributed by atoms with Gasteiger partial charge in [0.15, 0.2) is 5.82 Å². The Hall–Kier alpha value is -8.46. The van der Waals surface area contributed by atoms with Crippen LogP contribution in [0.4, 0.5) is 0 Å². The average molecular weight is 811 g/mol. The summed E-state index contributed by atoms with van der Waals surface area (Å²) >= 11 is 0. The molecule has 13 aromatic rings. The highest BCUT2D eigenvalue weighted by atomic mass is 14.9. The van der Waals surface area contributed by atoms with Crippen LogP contribution in [0.5, 0.6) is 0 Å². The molecule has 0 aliphatic rings. The van der Waals surface area contributed by atoms with E-state index in [0.717, 1.165) is 33.6 Å². The van der Waals surface area contributed by atoms with Crippen LogP contribution in [0, 0.1) is 0 Å². The summed E-state index contributed by atoms with van der Waals surface area (Å²) in [6, 6.07) is 83.8. The fourth-order valence-corrected chi connectivity index (χ4v) is 10.4. The van der Waals surface area contributed by atoms with E-state index in [2.05, 4.69) is 206 Å². The second kappa shape index (κ2) is 14.6. The van der Waals surface area contributed by atoms with Crippen LogP contribution in [0.25, 0.3) is 132 Å². The zero-order valence-electron chi connectivity index (χ0n) is 34.8. The molecular formula is C62H38N2. The van der Waals surface area contributed by atoms with E-state index >= 15 is 0 Å². The third-order valence-corrected chi connectivity index (χ3v) is 13.2. The maximum absolute atomic E-state index is 5.14. The Morgan fingerprint density at radius 1 is 0.234 bits per heavy atom. The first-order valence-electron chi connectivity index (χ1n) is 22.0. The van der Waals surface area contributed by atoms with Crippen LogP contribution in [-0.2, 0) is 0 Å². The Kier molecular flexibility index (Phi) is 8.25. The van der Waals surface area contributed by atoms with E-state index in [4.69, 9.17) is 9.97 Å². The first kappa shape index (κ1) is 36.2. The van der Waals surface area contributed by atoms with Crippen LogP contribution in [0.2, 0.25) is 0 Å². The Balaban J connectivity index is 1.06. The summed E-state index contributed by atoms with van der Waals surface area (Å²) in [7, 11) is 0. The summed E-state index contributed by atoms with van der Waals surface area (Å²) in [6.45, 7) is 0. The summed E-state index contributed by atoms with van der Waals surface area (Å²) in [5, 5.41) is 17.6. The molecule has 0 radical (unpaired) electrons. The van der Waals surface area contributed by atoms with Crippen LogP contribution in [0.15, 0.2) is 231 Å². The fraction of sp³-hybridized carbons (Fsp3) is 0. The highest BCUT2D eigenvalue weighted by Crippen LogP contribution is 2.48. The van der Waals surface area contributed by atoms with Gasteiger partial charge in [-0.15, -0.1) is 0 Å². The lowest BCUT2D eigenvalue weighted by Crippen LogP contribution is -1.96. The molecule has 0 bridgehead atoms. The highest BCUT2D eigenvalue weighted by molar-refractivity contribution is 6.35. The van der Waals surface area contributed by atoms with Crippen LogP contribution in [0.1, 0.15) is 0 Å². The summed E-state index contributed by atoms with van der Waals surface area (Å²) in [5.41, 5.74) is 9.75. The molecule has 0 fully saturated rings. The van der Waals surface area contributed by atoms with Gasteiger partial charge in [-0.3, -0.25) is 0 Å². The van der Waals surface area contributed by atoms with E-state index in [0.29, 0.717) is 5.82 Å². The Morgan fingerprint density at radius 2 is 0.625 bits per heavy atom. The number of hydrogen-bond donors (Lipinski definition) is 0. The van der Waals surface area contributed by atoms with Crippen molar-refractivity contribution in [2.45, 2.75) is 0 Å². The van der Waals surface area contributed by atoms with E-state index in [1.165, 1.54) is 92.1 Å². The molecular weight excluding hydrogens is 773 g/mol. The summed E-state index contributed by atoms with van der Waals surface area (Å²) in [5.74, 6) is 0.712. The van der Waals surface area contributed by atoms with Crippen molar-refractivity contribution in [2.75, 3.05) is 0 Å². The molecule has 13 rings (SSSR count). The molecule has 0 unspecified atom stereocenters. The fourth-order valence-electron chi connectivity index (χ4n) is 10.4. The molecule has 64 heavy (non-hydrogen) atoms. The number of benzene rings is 11. The average Bonchev–Trinajstić information content (AvgIpc) is 3.37. The van der Waals surface area contributed by atoms with Gasteiger partial charge in [0.2, 0.25) is 0 Å². The van der Waals surface area contributed by atoms with Gasteiger partial charge in [-0.05, 0) is 104 Å². The molecule has 2 heteroatoms. The van der Waals surface area contributed by atoms with Gasteiger partial charge in [0.1, 0.15) is 0 Å². The Bertz CT molecular complexity index is 3870. The lowest BCUT2D eigenvalue weighted by molar-refractivity contribution is 1.18. The normalized spacial score (nSPS) is 11.8. The lowest BCUT2D eigenvalue weighted by Gasteiger charge is -2.20. The zero-order chi connectivity index (χ0) is 42.1. The number of rotatable bonds is 5. The third-order valence-electron chi connectivity index (χ3n) is 13.2. The van der Waals surface area contributed by atoms with Gasteiger partial charge >= 0.3 is 0 Å². The van der Waals surface area contributed by atoms with Gasteiger partial charge in [0.05, 0.1) is 11.4 Å². The second-order valence-electron chi connectivity index (χ2n) is 16.8. The van der Waals surface area contributed by atoms with E-state index < -0.39 is 0 Å². The monoisotopic (exact) mass is 810 g/mol. The Labute approximate surface area is 370 Å². The van der Waals surface area contributed by atoms with Gasteiger partial charge in [0, 0.05) is 16.7 Å². The maximum Gasteiger partial charge on any atom is 0.160 e. The van der Waals surface area contributed by atoms with Crippen LogP contribution in [-0.4, -0.2) is 9.97 Å². The zero-order valence-corrected chi connectivity index (χ0v) is 34.8. The highest BCUT2D eigenvalue weighted by Gasteiger charge is 2.21. The summed E-state index contributed by atoms with van der Waals surface area (Å²) in [4.78, 5) is 10.2. The van der Waals surface area contributed by atoms with Crippen molar-refractivity contribution in [3.63, 3.8) is 0 Å². The first-order valence-corrected chi connectivity index (χ1v) is 22.0. The largest absolute Gasteiger partial charge is 0.228 e. The van der Waals surface area contributed by atoms with E-state index in [-0.39, 0.29) is 0 Å². The van der Waals surface area contributed by atoms with Gasteiger partial charge in [-0.25, -0.2) is 9.97 Å².